The molecule has 1 fully saturated rings. The monoisotopic (exact) mass is 491 g/mol. The molecule has 0 unspecified atom stereocenters. The van der Waals surface area contributed by atoms with Gasteiger partial charge in [0.25, 0.3) is 5.91 Å². The van der Waals surface area contributed by atoms with Crippen LogP contribution in [0.3, 0.4) is 0 Å². The van der Waals surface area contributed by atoms with Crippen LogP contribution in [0.15, 0.2) is 48.5 Å². The number of carbonyl (C=O) groups is 2. The fraction of sp³-hybridized carbons (Fsp3) is 0.533. The van der Waals surface area contributed by atoms with E-state index in [1.54, 1.807) is 0 Å². The predicted octanol–water partition coefficient (Wildman–Crippen LogP) is 5.80. The SMILES string of the molecule is CC(C)c1ccc(CN(O)C(=O)[C@H](CCC2CCCCC2)N[C@H]2CCc3ccccc3NC2=O)cc1. The van der Waals surface area contributed by atoms with Gasteiger partial charge in [-0.25, -0.2) is 5.06 Å². The summed E-state index contributed by atoms with van der Waals surface area (Å²) in [5.74, 6) is 0.549. The molecule has 1 heterocycles. The van der Waals surface area contributed by atoms with Crippen LogP contribution in [0.2, 0.25) is 0 Å². The van der Waals surface area contributed by atoms with Crippen molar-refractivity contribution >= 4 is 17.5 Å². The minimum atomic E-state index is -0.608. The highest BCUT2D eigenvalue weighted by Crippen LogP contribution is 2.28. The minimum Gasteiger partial charge on any atom is -0.324 e. The summed E-state index contributed by atoms with van der Waals surface area (Å²) in [6.07, 6.45) is 9.09. The molecule has 194 valence electrons. The quantitative estimate of drug-likeness (QED) is 0.306. The Morgan fingerprint density at radius 1 is 1.06 bits per heavy atom. The number of nitrogens with one attached hydrogen (secondary N) is 2. The van der Waals surface area contributed by atoms with Crippen LogP contribution in [0.4, 0.5) is 5.69 Å². The van der Waals surface area contributed by atoms with Crippen LogP contribution in [0.25, 0.3) is 0 Å². The van der Waals surface area contributed by atoms with E-state index in [-0.39, 0.29) is 18.4 Å². The molecule has 0 aromatic heterocycles. The summed E-state index contributed by atoms with van der Waals surface area (Å²) in [5.41, 5.74) is 4.05. The average molecular weight is 492 g/mol. The normalized spacial score (nSPS) is 19.3. The molecule has 3 N–H and O–H groups in total. The number of hydroxylamine groups is 2. The summed E-state index contributed by atoms with van der Waals surface area (Å²) in [5, 5.41) is 18.0. The molecule has 36 heavy (non-hydrogen) atoms. The molecule has 2 atom stereocenters. The van der Waals surface area contributed by atoms with Crippen molar-refractivity contribution in [2.24, 2.45) is 5.92 Å². The number of benzene rings is 2. The minimum absolute atomic E-state index is 0.121. The van der Waals surface area contributed by atoms with Crippen LogP contribution in [-0.4, -0.2) is 34.2 Å². The zero-order chi connectivity index (χ0) is 25.5. The second-order valence-electron chi connectivity index (χ2n) is 10.8. The lowest BCUT2D eigenvalue weighted by molar-refractivity contribution is -0.171. The smallest absolute Gasteiger partial charge is 0.263 e. The van der Waals surface area contributed by atoms with Crippen molar-refractivity contribution < 1.29 is 14.8 Å². The molecule has 2 aliphatic rings. The molecule has 0 radical (unpaired) electrons. The predicted molar refractivity (Wildman–Crippen MR) is 143 cm³/mol. The zero-order valence-electron chi connectivity index (χ0n) is 21.7. The van der Waals surface area contributed by atoms with E-state index in [0.29, 0.717) is 24.7 Å². The number of fused-ring (bicyclic) bond motifs is 1. The Morgan fingerprint density at radius 2 is 1.78 bits per heavy atom. The van der Waals surface area contributed by atoms with E-state index < -0.39 is 12.1 Å². The Hall–Kier alpha value is -2.70. The highest BCUT2D eigenvalue weighted by Gasteiger charge is 2.31. The Morgan fingerprint density at radius 3 is 2.50 bits per heavy atom. The summed E-state index contributed by atoms with van der Waals surface area (Å²) < 4.78 is 0. The third kappa shape index (κ3) is 6.95. The third-order valence-electron chi connectivity index (χ3n) is 7.82. The Balaban J connectivity index is 1.44. The van der Waals surface area contributed by atoms with Crippen LogP contribution in [0.5, 0.6) is 0 Å². The van der Waals surface area contributed by atoms with Gasteiger partial charge in [-0.3, -0.25) is 20.1 Å². The molecule has 6 heteroatoms. The molecule has 0 bridgehead atoms. The van der Waals surface area contributed by atoms with Gasteiger partial charge in [0.05, 0.1) is 18.6 Å². The molecule has 2 amide bonds. The third-order valence-corrected chi connectivity index (χ3v) is 7.82. The lowest BCUT2D eigenvalue weighted by atomic mass is 9.85. The van der Waals surface area contributed by atoms with E-state index in [0.717, 1.165) is 34.7 Å². The van der Waals surface area contributed by atoms with Crippen molar-refractivity contribution in [3.05, 3.63) is 65.2 Å². The maximum absolute atomic E-state index is 13.5. The maximum Gasteiger partial charge on any atom is 0.263 e. The topological polar surface area (TPSA) is 81.7 Å². The molecular formula is C30H41N3O3. The van der Waals surface area contributed by atoms with E-state index in [1.807, 2.05) is 48.5 Å². The second-order valence-corrected chi connectivity index (χ2v) is 10.8. The molecule has 0 spiro atoms. The molecule has 2 aromatic carbocycles. The van der Waals surface area contributed by atoms with Gasteiger partial charge in [0.15, 0.2) is 0 Å². The molecule has 4 rings (SSSR count). The van der Waals surface area contributed by atoms with E-state index in [9.17, 15) is 14.8 Å². The van der Waals surface area contributed by atoms with E-state index in [2.05, 4.69) is 24.5 Å². The highest BCUT2D eigenvalue weighted by atomic mass is 16.5. The van der Waals surface area contributed by atoms with Crippen molar-refractivity contribution in [1.29, 1.82) is 0 Å². The number of aryl methyl sites for hydroxylation is 1. The van der Waals surface area contributed by atoms with Gasteiger partial charge in [0, 0.05) is 5.69 Å². The van der Waals surface area contributed by atoms with Crippen molar-refractivity contribution in [3.63, 3.8) is 0 Å². The number of nitrogens with zero attached hydrogens (tertiary/aromatic N) is 1. The highest BCUT2D eigenvalue weighted by molar-refractivity contribution is 5.96. The Labute approximate surface area is 215 Å². The first-order valence-corrected chi connectivity index (χ1v) is 13.6. The van der Waals surface area contributed by atoms with Crippen molar-refractivity contribution in [2.75, 3.05) is 5.32 Å². The largest absolute Gasteiger partial charge is 0.324 e. The van der Waals surface area contributed by atoms with E-state index in [1.165, 1.54) is 37.7 Å². The van der Waals surface area contributed by atoms with Gasteiger partial charge in [0.2, 0.25) is 5.91 Å². The standard InChI is InChI=1S/C30H41N3O3/c1-21(2)24-15-12-23(13-16-24)20-33(36)30(35)28(18-14-22-8-4-3-5-9-22)31-27-19-17-25-10-6-7-11-26(25)32-29(27)34/h6-7,10-13,15-16,21-22,27-28,31,36H,3-5,8-9,14,17-20H2,1-2H3,(H,32,34)/t27-,28-/m0/s1. The number of para-hydroxylation sites is 1. The van der Waals surface area contributed by atoms with Gasteiger partial charge >= 0.3 is 0 Å². The van der Waals surface area contributed by atoms with Crippen molar-refractivity contribution in [1.82, 2.24) is 10.4 Å². The summed E-state index contributed by atoms with van der Waals surface area (Å²) in [6, 6.07) is 14.8. The summed E-state index contributed by atoms with van der Waals surface area (Å²) in [7, 11) is 0. The lowest BCUT2D eigenvalue weighted by Crippen LogP contribution is -2.52. The van der Waals surface area contributed by atoms with Gasteiger partial charge in [-0.2, -0.15) is 0 Å². The number of hydrogen-bond acceptors (Lipinski definition) is 4. The molecule has 0 saturated heterocycles. The van der Waals surface area contributed by atoms with E-state index >= 15 is 0 Å². The molecule has 2 aromatic rings. The van der Waals surface area contributed by atoms with Crippen molar-refractivity contribution in [2.45, 2.75) is 96.2 Å². The summed E-state index contributed by atoms with van der Waals surface area (Å²) in [4.78, 5) is 26.5. The molecule has 6 nitrogen and oxygen atoms in total. The van der Waals surface area contributed by atoms with Gasteiger partial charge in [-0.1, -0.05) is 88.4 Å². The number of anilines is 1. The molecular weight excluding hydrogens is 450 g/mol. The Bertz CT molecular complexity index is 1010. The van der Waals surface area contributed by atoms with Crippen LogP contribution in [-0.2, 0) is 22.6 Å². The molecule has 1 aliphatic heterocycles. The van der Waals surface area contributed by atoms with Crippen molar-refractivity contribution in [3.8, 4) is 0 Å². The van der Waals surface area contributed by atoms with E-state index in [4.69, 9.17) is 0 Å². The van der Waals surface area contributed by atoms with Crippen LogP contribution >= 0.6 is 0 Å². The van der Waals surface area contributed by atoms with Gasteiger partial charge in [0.1, 0.15) is 0 Å². The Kier molecular flexibility index (Phi) is 9.16. The number of amides is 2. The van der Waals surface area contributed by atoms with Crippen LogP contribution in [0, 0.1) is 5.92 Å². The number of carbonyl (C=O) groups excluding carboxylic acids is 2. The zero-order valence-corrected chi connectivity index (χ0v) is 21.7. The number of rotatable bonds is 9. The second kappa shape index (κ2) is 12.5. The molecule has 1 aliphatic carbocycles. The first kappa shape index (κ1) is 26.4. The lowest BCUT2D eigenvalue weighted by Gasteiger charge is -2.29. The number of hydrogen-bond donors (Lipinski definition) is 3. The fourth-order valence-electron chi connectivity index (χ4n) is 5.51. The summed E-state index contributed by atoms with van der Waals surface area (Å²) in [6.45, 7) is 4.41. The fourth-order valence-corrected chi connectivity index (χ4v) is 5.51. The average Bonchev–Trinajstić information content (AvgIpc) is 3.05. The van der Waals surface area contributed by atoms with Gasteiger partial charge in [-0.15, -0.1) is 0 Å². The first-order valence-electron chi connectivity index (χ1n) is 13.6. The molecule has 1 saturated carbocycles. The van der Waals surface area contributed by atoms with Gasteiger partial charge < -0.3 is 5.32 Å². The van der Waals surface area contributed by atoms with Gasteiger partial charge in [-0.05, 0) is 60.3 Å². The maximum atomic E-state index is 13.5. The first-order chi connectivity index (χ1) is 17.4. The van der Waals surface area contributed by atoms with Crippen LogP contribution in [0.1, 0.15) is 87.8 Å². The van der Waals surface area contributed by atoms with Crippen LogP contribution < -0.4 is 10.6 Å². The summed E-state index contributed by atoms with van der Waals surface area (Å²) >= 11 is 0.